The predicted octanol–water partition coefficient (Wildman–Crippen LogP) is 5.31. The lowest BCUT2D eigenvalue weighted by atomic mass is 10.0. The van der Waals surface area contributed by atoms with Crippen LogP contribution in [0.15, 0.2) is 82.2 Å². The van der Waals surface area contributed by atoms with Gasteiger partial charge in [-0.15, -0.1) is 11.3 Å². The van der Waals surface area contributed by atoms with Crippen molar-refractivity contribution in [1.29, 1.82) is 0 Å². The van der Waals surface area contributed by atoms with E-state index < -0.39 is 0 Å². The summed E-state index contributed by atoms with van der Waals surface area (Å²) in [5, 5.41) is 9.09. The molecule has 0 spiro atoms. The number of nitrogens with zero attached hydrogens (tertiary/aromatic N) is 3. The van der Waals surface area contributed by atoms with Gasteiger partial charge in [-0.3, -0.25) is 4.99 Å². The molecule has 1 heterocycles. The van der Waals surface area contributed by atoms with Crippen LogP contribution in [0, 0.1) is 5.82 Å². The fraction of sp³-hybridized carbons (Fsp3) is 0.0909. The third-order valence-corrected chi connectivity index (χ3v) is 5.09. The Morgan fingerprint density at radius 3 is 2.59 bits per heavy atom. The molecule has 134 valence electrons. The molecular formula is C22H18FN3S. The van der Waals surface area contributed by atoms with Crippen molar-refractivity contribution in [3.05, 3.63) is 88.3 Å². The number of aromatic nitrogens is 1. The van der Waals surface area contributed by atoms with E-state index in [1.807, 2.05) is 23.7 Å². The Balaban J connectivity index is 1.87. The van der Waals surface area contributed by atoms with E-state index in [0.29, 0.717) is 6.54 Å². The summed E-state index contributed by atoms with van der Waals surface area (Å²) < 4.78 is 15.0. The molecule has 0 bridgehead atoms. The first-order valence-electron chi connectivity index (χ1n) is 8.75. The van der Waals surface area contributed by atoms with Gasteiger partial charge in [-0.05, 0) is 35.4 Å². The van der Waals surface area contributed by atoms with Crippen molar-refractivity contribution >= 4 is 28.3 Å². The summed E-state index contributed by atoms with van der Waals surface area (Å²) in [4.78, 5) is 5.40. The van der Waals surface area contributed by atoms with Gasteiger partial charge in [0.1, 0.15) is 5.82 Å². The number of thiazole rings is 1. The average molecular weight is 375 g/mol. The molecule has 1 aromatic heterocycles. The number of hydrogen-bond donors (Lipinski definition) is 0. The van der Waals surface area contributed by atoms with E-state index in [4.69, 9.17) is 0 Å². The Morgan fingerprint density at radius 1 is 1.00 bits per heavy atom. The van der Waals surface area contributed by atoms with Crippen LogP contribution in [0.5, 0.6) is 0 Å². The van der Waals surface area contributed by atoms with E-state index in [0.717, 1.165) is 21.6 Å². The number of rotatable bonds is 4. The van der Waals surface area contributed by atoms with Gasteiger partial charge in [0.05, 0.1) is 11.9 Å². The Labute approximate surface area is 160 Å². The summed E-state index contributed by atoms with van der Waals surface area (Å²) in [6.45, 7) is 2.69. The fourth-order valence-corrected chi connectivity index (χ4v) is 3.85. The highest BCUT2D eigenvalue weighted by Crippen LogP contribution is 2.28. The second kappa shape index (κ2) is 7.68. The summed E-state index contributed by atoms with van der Waals surface area (Å²) in [7, 11) is 0. The van der Waals surface area contributed by atoms with E-state index in [2.05, 4.69) is 45.8 Å². The lowest BCUT2D eigenvalue weighted by Crippen LogP contribution is -2.12. The van der Waals surface area contributed by atoms with Gasteiger partial charge in [-0.1, -0.05) is 54.6 Å². The van der Waals surface area contributed by atoms with Gasteiger partial charge in [-0.25, -0.2) is 9.07 Å². The molecule has 0 atom stereocenters. The summed E-state index contributed by atoms with van der Waals surface area (Å²) in [6.07, 6.45) is 1.73. The van der Waals surface area contributed by atoms with Gasteiger partial charge < -0.3 is 0 Å². The Hall–Kier alpha value is -3.05. The van der Waals surface area contributed by atoms with E-state index in [9.17, 15) is 4.39 Å². The normalized spacial score (nSPS) is 12.3. The quantitative estimate of drug-likeness (QED) is 0.433. The van der Waals surface area contributed by atoms with Gasteiger partial charge in [0.25, 0.3) is 0 Å². The number of halogens is 1. The van der Waals surface area contributed by atoms with Crippen LogP contribution >= 0.6 is 11.3 Å². The number of hydrogen-bond acceptors (Lipinski definition) is 3. The maximum Gasteiger partial charge on any atom is 0.206 e. The van der Waals surface area contributed by atoms with Crippen LogP contribution in [0.1, 0.15) is 12.5 Å². The molecule has 3 nitrogen and oxygen atoms in total. The van der Waals surface area contributed by atoms with Crippen molar-refractivity contribution in [1.82, 2.24) is 4.68 Å². The molecule has 0 unspecified atom stereocenters. The average Bonchev–Trinajstić information content (AvgIpc) is 3.10. The first kappa shape index (κ1) is 17.4. The lowest BCUT2D eigenvalue weighted by Gasteiger charge is -2.07. The molecule has 0 aliphatic heterocycles. The molecule has 0 saturated heterocycles. The van der Waals surface area contributed by atoms with Crippen LogP contribution in [0.3, 0.4) is 0 Å². The van der Waals surface area contributed by atoms with Crippen molar-refractivity contribution in [3.8, 4) is 11.3 Å². The molecule has 4 rings (SSSR count). The molecule has 0 radical (unpaired) electrons. The van der Waals surface area contributed by atoms with E-state index in [1.165, 1.54) is 22.9 Å². The van der Waals surface area contributed by atoms with Crippen molar-refractivity contribution in [3.63, 3.8) is 0 Å². The molecular weight excluding hydrogens is 357 g/mol. The van der Waals surface area contributed by atoms with Crippen LogP contribution < -0.4 is 4.80 Å². The second-order valence-electron chi connectivity index (χ2n) is 6.01. The highest BCUT2D eigenvalue weighted by molar-refractivity contribution is 7.07. The predicted molar refractivity (Wildman–Crippen MR) is 111 cm³/mol. The molecule has 3 aromatic carbocycles. The molecule has 0 fully saturated rings. The van der Waals surface area contributed by atoms with Crippen LogP contribution in [0.2, 0.25) is 0 Å². The Bertz CT molecular complexity index is 1160. The van der Waals surface area contributed by atoms with Gasteiger partial charge in [-0.2, -0.15) is 5.10 Å². The summed E-state index contributed by atoms with van der Waals surface area (Å²) in [6, 6.07) is 20.9. The zero-order valence-electron chi connectivity index (χ0n) is 14.8. The molecule has 27 heavy (non-hydrogen) atoms. The second-order valence-corrected chi connectivity index (χ2v) is 6.85. The first-order chi connectivity index (χ1) is 13.3. The lowest BCUT2D eigenvalue weighted by molar-refractivity contribution is 0.628. The topological polar surface area (TPSA) is 29.6 Å². The van der Waals surface area contributed by atoms with Crippen molar-refractivity contribution < 1.29 is 4.39 Å². The SMILES string of the molecule is CCN=c1scc(-c2cccc3ccccc23)n1N=Cc1ccc(F)cc1. The smallest absolute Gasteiger partial charge is 0.206 e. The van der Waals surface area contributed by atoms with E-state index >= 15 is 0 Å². The molecule has 4 aromatic rings. The van der Waals surface area contributed by atoms with Crippen molar-refractivity contribution in [2.75, 3.05) is 6.54 Å². The van der Waals surface area contributed by atoms with Gasteiger partial charge >= 0.3 is 0 Å². The highest BCUT2D eigenvalue weighted by Gasteiger charge is 2.10. The summed E-state index contributed by atoms with van der Waals surface area (Å²) >= 11 is 1.56. The van der Waals surface area contributed by atoms with Crippen molar-refractivity contribution in [2.45, 2.75) is 6.92 Å². The Kier molecular flexibility index (Phi) is 4.94. The molecule has 0 aliphatic carbocycles. The minimum absolute atomic E-state index is 0.256. The Morgan fingerprint density at radius 2 is 1.78 bits per heavy atom. The number of fused-ring (bicyclic) bond motifs is 1. The molecule has 0 N–H and O–H groups in total. The molecule has 0 aliphatic rings. The standard InChI is InChI=1S/C22H18FN3S/c1-2-24-22-26(25-14-16-10-12-18(23)13-11-16)21(15-27-22)20-9-5-7-17-6-3-4-8-19(17)20/h3-15H,2H2,1H3. The van der Waals surface area contributed by atoms with E-state index in [-0.39, 0.29) is 5.82 Å². The minimum Gasteiger partial charge on any atom is -0.258 e. The first-order valence-corrected chi connectivity index (χ1v) is 9.63. The molecule has 0 amide bonds. The summed E-state index contributed by atoms with van der Waals surface area (Å²) in [5.41, 5.74) is 2.93. The number of benzene rings is 3. The van der Waals surface area contributed by atoms with Crippen LogP contribution in [-0.4, -0.2) is 17.4 Å². The molecule has 5 heteroatoms. The zero-order valence-corrected chi connectivity index (χ0v) is 15.7. The van der Waals surface area contributed by atoms with Crippen LogP contribution in [0.4, 0.5) is 4.39 Å². The minimum atomic E-state index is -0.256. The fourth-order valence-electron chi connectivity index (χ4n) is 2.96. The maximum atomic E-state index is 13.1. The van der Waals surface area contributed by atoms with Crippen LogP contribution in [-0.2, 0) is 0 Å². The molecule has 0 saturated carbocycles. The van der Waals surface area contributed by atoms with Crippen molar-refractivity contribution in [2.24, 2.45) is 10.1 Å². The van der Waals surface area contributed by atoms with Gasteiger partial charge in [0.15, 0.2) is 0 Å². The monoisotopic (exact) mass is 375 g/mol. The zero-order chi connectivity index (χ0) is 18.6. The highest BCUT2D eigenvalue weighted by atomic mass is 32.1. The van der Waals surface area contributed by atoms with Gasteiger partial charge in [0, 0.05) is 17.5 Å². The maximum absolute atomic E-state index is 13.1. The van der Waals surface area contributed by atoms with E-state index in [1.54, 1.807) is 29.7 Å². The third kappa shape index (κ3) is 3.59. The third-order valence-electron chi connectivity index (χ3n) is 4.24. The van der Waals surface area contributed by atoms with Gasteiger partial charge in [0.2, 0.25) is 4.80 Å². The largest absolute Gasteiger partial charge is 0.258 e. The van der Waals surface area contributed by atoms with Crippen LogP contribution in [0.25, 0.3) is 22.0 Å². The summed E-state index contributed by atoms with van der Waals surface area (Å²) in [5.74, 6) is -0.256.